The highest BCUT2D eigenvalue weighted by molar-refractivity contribution is 6.31. The second-order valence-corrected chi connectivity index (χ2v) is 8.16. The van der Waals surface area contributed by atoms with E-state index in [9.17, 15) is 32.3 Å². The van der Waals surface area contributed by atoms with Gasteiger partial charge in [0.2, 0.25) is 5.60 Å². The Morgan fingerprint density at radius 1 is 1.11 bits per heavy atom. The monoisotopic (exact) mass is 524 g/mol. The van der Waals surface area contributed by atoms with E-state index in [-0.39, 0.29) is 33.1 Å². The lowest BCUT2D eigenvalue weighted by atomic mass is 9.96. The third kappa shape index (κ3) is 4.64. The quantitative estimate of drug-likeness (QED) is 0.285. The van der Waals surface area contributed by atoms with Crippen LogP contribution in [0.2, 0.25) is 5.02 Å². The molecule has 0 radical (unpaired) electrons. The molecule has 188 valence electrons. The predicted octanol–water partition coefficient (Wildman–Crippen LogP) is 3.90. The van der Waals surface area contributed by atoms with Crippen molar-refractivity contribution in [3.05, 3.63) is 81.1 Å². The molecule has 2 aromatic heterocycles. The van der Waals surface area contributed by atoms with Gasteiger partial charge in [-0.25, -0.2) is 14.2 Å². The van der Waals surface area contributed by atoms with E-state index in [4.69, 9.17) is 16.3 Å². The molecule has 0 spiro atoms. The molecule has 0 saturated carbocycles. The van der Waals surface area contributed by atoms with Gasteiger partial charge in [0.15, 0.2) is 0 Å². The second-order valence-electron chi connectivity index (χ2n) is 7.76. The fraction of sp³-hybridized carbons (Fsp3) is 0.174. The molecule has 0 aliphatic heterocycles. The van der Waals surface area contributed by atoms with Crippen molar-refractivity contribution in [2.75, 3.05) is 13.7 Å². The third-order valence-electron chi connectivity index (χ3n) is 5.45. The zero-order valence-electron chi connectivity index (χ0n) is 18.3. The molecule has 4 rings (SSSR count). The average molecular weight is 525 g/mol. The van der Waals surface area contributed by atoms with E-state index in [1.165, 1.54) is 31.4 Å². The van der Waals surface area contributed by atoms with Crippen molar-refractivity contribution in [3.8, 4) is 17.0 Å². The summed E-state index contributed by atoms with van der Waals surface area (Å²) in [5.74, 6) is -1.63. The number of rotatable bonds is 6. The fourth-order valence-corrected chi connectivity index (χ4v) is 3.69. The molecule has 4 N–H and O–H groups in total. The number of ether oxygens (including phenoxy) is 1. The Hall–Kier alpha value is -3.90. The Labute approximate surface area is 204 Å². The van der Waals surface area contributed by atoms with Crippen molar-refractivity contribution < 1.29 is 32.2 Å². The van der Waals surface area contributed by atoms with Crippen LogP contribution in [0.5, 0.6) is 5.75 Å². The number of H-pyrrole nitrogens is 2. The Morgan fingerprint density at radius 2 is 1.83 bits per heavy atom. The number of aromatic amines is 2. The topological polar surface area (TPSA) is 120 Å². The van der Waals surface area contributed by atoms with Gasteiger partial charge in [0.1, 0.15) is 17.3 Å². The van der Waals surface area contributed by atoms with Gasteiger partial charge in [-0.3, -0.25) is 4.79 Å². The number of hydrogen-bond donors (Lipinski definition) is 4. The van der Waals surface area contributed by atoms with E-state index in [0.717, 1.165) is 24.3 Å². The zero-order valence-corrected chi connectivity index (χ0v) is 19.1. The summed E-state index contributed by atoms with van der Waals surface area (Å²) in [5.41, 5.74) is -4.31. The van der Waals surface area contributed by atoms with Crippen molar-refractivity contribution in [1.29, 1.82) is 0 Å². The van der Waals surface area contributed by atoms with Crippen LogP contribution in [0, 0.1) is 5.82 Å². The van der Waals surface area contributed by atoms with E-state index >= 15 is 0 Å². The highest BCUT2D eigenvalue weighted by atomic mass is 35.5. The third-order valence-corrected chi connectivity index (χ3v) is 5.74. The van der Waals surface area contributed by atoms with E-state index in [1.54, 1.807) is 0 Å². The number of benzene rings is 2. The summed E-state index contributed by atoms with van der Waals surface area (Å²) in [6.45, 7) is -1.28. The number of nitrogens with one attached hydrogen (secondary N) is 3. The summed E-state index contributed by atoms with van der Waals surface area (Å²) in [6.07, 6.45) is -5.25. The van der Waals surface area contributed by atoms with Gasteiger partial charge in [-0.2, -0.15) is 13.2 Å². The first-order valence-corrected chi connectivity index (χ1v) is 10.6. The Bertz CT molecular complexity index is 1520. The molecule has 8 nitrogen and oxygen atoms in total. The van der Waals surface area contributed by atoms with Gasteiger partial charge >= 0.3 is 11.9 Å². The molecule has 1 atom stereocenters. The van der Waals surface area contributed by atoms with Crippen molar-refractivity contribution in [2.24, 2.45) is 0 Å². The summed E-state index contributed by atoms with van der Waals surface area (Å²) >= 11 is 5.80. The van der Waals surface area contributed by atoms with Crippen LogP contribution in [0.25, 0.3) is 22.3 Å². The van der Waals surface area contributed by atoms with Crippen molar-refractivity contribution in [2.45, 2.75) is 11.8 Å². The maximum atomic E-state index is 14.1. The summed E-state index contributed by atoms with van der Waals surface area (Å²) in [4.78, 5) is 32.8. The normalized spacial score (nSPS) is 13.4. The van der Waals surface area contributed by atoms with Gasteiger partial charge in [0.25, 0.3) is 5.91 Å². The molecular formula is C23H17ClF4N4O4. The van der Waals surface area contributed by atoms with Gasteiger partial charge in [-0.15, -0.1) is 0 Å². The van der Waals surface area contributed by atoms with Gasteiger partial charge in [-0.05, 0) is 48.5 Å². The van der Waals surface area contributed by atoms with Crippen LogP contribution < -0.4 is 15.7 Å². The number of aromatic nitrogens is 3. The standard InChI is InChI=1S/C23H17ClF4N4O4/c1-36-17-6-7-18(32-19(17)11-2-4-14(25)13(24)8-11)22(35,23(26,27)28)10-29-20(33)12-3-5-15-16(9-12)31-21(34)30-15/h2-9,35H,10H2,1H3,(H,29,33)(H2,30,31,34). The van der Waals surface area contributed by atoms with Crippen molar-refractivity contribution in [1.82, 2.24) is 20.3 Å². The molecule has 0 saturated heterocycles. The number of halogens is 5. The molecule has 13 heteroatoms. The Morgan fingerprint density at radius 3 is 2.50 bits per heavy atom. The first kappa shape index (κ1) is 25.2. The number of imidazole rings is 1. The SMILES string of the molecule is COc1ccc(C(O)(CNC(=O)c2ccc3[nH]c(=O)[nH]c3c2)C(F)(F)F)nc1-c1ccc(F)c(Cl)c1. The highest BCUT2D eigenvalue weighted by Gasteiger charge is 2.56. The lowest BCUT2D eigenvalue weighted by molar-refractivity contribution is -0.265. The first-order chi connectivity index (χ1) is 16.9. The molecule has 0 aliphatic rings. The lowest BCUT2D eigenvalue weighted by Crippen LogP contribution is -2.51. The largest absolute Gasteiger partial charge is 0.494 e. The van der Waals surface area contributed by atoms with E-state index < -0.39 is 41.4 Å². The second kappa shape index (κ2) is 9.28. The molecule has 0 bridgehead atoms. The zero-order chi connectivity index (χ0) is 26.3. The van der Waals surface area contributed by atoms with Crippen molar-refractivity contribution in [3.63, 3.8) is 0 Å². The molecule has 36 heavy (non-hydrogen) atoms. The molecule has 0 aliphatic carbocycles. The number of fused-ring (bicyclic) bond motifs is 1. The molecule has 4 aromatic rings. The van der Waals surface area contributed by atoms with E-state index in [0.29, 0.717) is 5.52 Å². The Balaban J connectivity index is 1.69. The molecule has 2 heterocycles. The van der Waals surface area contributed by atoms with Crippen LogP contribution in [-0.2, 0) is 5.60 Å². The van der Waals surface area contributed by atoms with E-state index in [1.807, 2.05) is 0 Å². The first-order valence-electron chi connectivity index (χ1n) is 10.2. The number of nitrogens with zero attached hydrogens (tertiary/aromatic N) is 1. The van der Waals surface area contributed by atoms with Gasteiger partial charge in [-0.1, -0.05) is 11.6 Å². The number of pyridine rings is 1. The van der Waals surface area contributed by atoms with Crippen LogP contribution in [0.3, 0.4) is 0 Å². The van der Waals surface area contributed by atoms with Gasteiger partial charge in [0.05, 0.1) is 35.4 Å². The van der Waals surface area contributed by atoms with Crippen LogP contribution >= 0.6 is 11.6 Å². The minimum absolute atomic E-state index is 0.0452. The number of methoxy groups -OCH3 is 1. The number of carbonyl (C=O) groups is 1. The van der Waals surface area contributed by atoms with Crippen molar-refractivity contribution >= 4 is 28.5 Å². The van der Waals surface area contributed by atoms with Crippen LogP contribution in [0.15, 0.2) is 53.3 Å². The average Bonchev–Trinajstić information content (AvgIpc) is 3.22. The number of alkyl halides is 3. The summed E-state index contributed by atoms with van der Waals surface area (Å²) in [6, 6.07) is 9.45. The maximum Gasteiger partial charge on any atom is 0.424 e. The number of amides is 1. The molecule has 1 unspecified atom stereocenters. The fourth-order valence-electron chi connectivity index (χ4n) is 3.51. The van der Waals surface area contributed by atoms with Crippen LogP contribution in [-0.4, -0.2) is 45.8 Å². The molecule has 0 fully saturated rings. The summed E-state index contributed by atoms with van der Waals surface area (Å²) in [7, 11) is 1.26. The predicted molar refractivity (Wildman–Crippen MR) is 122 cm³/mol. The van der Waals surface area contributed by atoms with Gasteiger partial charge < -0.3 is 25.1 Å². The Kier molecular flexibility index (Phi) is 6.50. The lowest BCUT2D eigenvalue weighted by Gasteiger charge is -2.30. The molecule has 2 aromatic carbocycles. The summed E-state index contributed by atoms with van der Waals surface area (Å²) in [5, 5.41) is 12.5. The number of aliphatic hydroxyl groups is 1. The minimum Gasteiger partial charge on any atom is -0.494 e. The summed E-state index contributed by atoms with van der Waals surface area (Å²) < 4.78 is 61.1. The highest BCUT2D eigenvalue weighted by Crippen LogP contribution is 2.40. The van der Waals surface area contributed by atoms with Crippen LogP contribution in [0.1, 0.15) is 16.1 Å². The number of carbonyl (C=O) groups excluding carboxylic acids is 1. The molecular weight excluding hydrogens is 508 g/mol. The number of hydrogen-bond acceptors (Lipinski definition) is 5. The van der Waals surface area contributed by atoms with Gasteiger partial charge in [0, 0.05) is 11.1 Å². The maximum absolute atomic E-state index is 14.1. The van der Waals surface area contributed by atoms with Crippen LogP contribution in [0.4, 0.5) is 17.6 Å². The molecule has 1 amide bonds. The smallest absolute Gasteiger partial charge is 0.424 e. The minimum atomic E-state index is -5.25. The van der Waals surface area contributed by atoms with E-state index in [2.05, 4.69) is 20.3 Å².